The van der Waals surface area contributed by atoms with E-state index in [2.05, 4.69) is 5.32 Å². The highest BCUT2D eigenvalue weighted by atomic mass is 19.1. The van der Waals surface area contributed by atoms with Gasteiger partial charge in [0.05, 0.1) is 11.6 Å². The molecule has 0 saturated heterocycles. The SMILES string of the molecule is N#Cc1ccc(OC(=O)Nc2ccc(F)cc2)cc1. The van der Waals surface area contributed by atoms with Crippen LogP contribution in [0.4, 0.5) is 14.9 Å². The molecule has 0 bridgehead atoms. The van der Waals surface area contributed by atoms with Gasteiger partial charge in [0.2, 0.25) is 0 Å². The first-order chi connectivity index (χ1) is 9.17. The molecule has 0 aliphatic rings. The molecule has 0 aliphatic heterocycles. The molecule has 19 heavy (non-hydrogen) atoms. The lowest BCUT2D eigenvalue weighted by Crippen LogP contribution is -2.16. The van der Waals surface area contributed by atoms with E-state index in [0.717, 1.165) is 0 Å². The highest BCUT2D eigenvalue weighted by Gasteiger charge is 2.05. The number of hydrogen-bond acceptors (Lipinski definition) is 3. The van der Waals surface area contributed by atoms with E-state index in [1.807, 2.05) is 6.07 Å². The number of nitriles is 1. The van der Waals surface area contributed by atoms with Crippen molar-refractivity contribution in [2.75, 3.05) is 5.32 Å². The van der Waals surface area contributed by atoms with Crippen molar-refractivity contribution >= 4 is 11.8 Å². The first-order valence-corrected chi connectivity index (χ1v) is 5.42. The van der Waals surface area contributed by atoms with E-state index in [-0.39, 0.29) is 5.82 Å². The smallest absolute Gasteiger partial charge is 0.410 e. The van der Waals surface area contributed by atoms with Crippen molar-refractivity contribution in [1.82, 2.24) is 0 Å². The van der Waals surface area contributed by atoms with Crippen LogP contribution in [0.15, 0.2) is 48.5 Å². The zero-order chi connectivity index (χ0) is 13.7. The molecule has 4 nitrogen and oxygen atoms in total. The zero-order valence-electron chi connectivity index (χ0n) is 9.76. The second-order valence-corrected chi connectivity index (χ2v) is 3.66. The third kappa shape index (κ3) is 3.54. The predicted octanol–water partition coefficient (Wildman–Crippen LogP) is 3.31. The van der Waals surface area contributed by atoms with Gasteiger partial charge in [0.1, 0.15) is 11.6 Å². The maximum Gasteiger partial charge on any atom is 0.417 e. The Hall–Kier alpha value is -2.87. The van der Waals surface area contributed by atoms with Gasteiger partial charge in [-0.3, -0.25) is 5.32 Å². The summed E-state index contributed by atoms with van der Waals surface area (Å²) in [6.07, 6.45) is -0.684. The number of carbonyl (C=O) groups is 1. The van der Waals surface area contributed by atoms with Gasteiger partial charge in [-0.25, -0.2) is 9.18 Å². The quantitative estimate of drug-likeness (QED) is 0.896. The van der Waals surface area contributed by atoms with E-state index in [1.54, 1.807) is 12.1 Å². The van der Waals surface area contributed by atoms with Crippen LogP contribution in [0.1, 0.15) is 5.56 Å². The Morgan fingerprint density at radius 1 is 1.11 bits per heavy atom. The molecule has 0 aromatic heterocycles. The monoisotopic (exact) mass is 256 g/mol. The maximum atomic E-state index is 12.7. The lowest BCUT2D eigenvalue weighted by molar-refractivity contribution is 0.215. The van der Waals surface area contributed by atoms with Gasteiger partial charge in [0, 0.05) is 5.69 Å². The molecule has 2 aromatic carbocycles. The molecule has 1 amide bonds. The van der Waals surface area contributed by atoms with E-state index in [9.17, 15) is 9.18 Å². The lowest BCUT2D eigenvalue weighted by atomic mass is 10.2. The molecule has 0 fully saturated rings. The van der Waals surface area contributed by atoms with E-state index in [0.29, 0.717) is 17.0 Å². The van der Waals surface area contributed by atoms with Crippen LogP contribution in [0.5, 0.6) is 5.75 Å². The summed E-state index contributed by atoms with van der Waals surface area (Å²) < 4.78 is 17.7. The molecule has 5 heteroatoms. The Kier molecular flexibility index (Phi) is 3.74. The van der Waals surface area contributed by atoms with Crippen molar-refractivity contribution in [2.24, 2.45) is 0 Å². The molecule has 94 valence electrons. The van der Waals surface area contributed by atoms with Crippen molar-refractivity contribution in [2.45, 2.75) is 0 Å². The highest BCUT2D eigenvalue weighted by Crippen LogP contribution is 2.13. The van der Waals surface area contributed by atoms with Gasteiger partial charge in [0.15, 0.2) is 0 Å². The third-order valence-electron chi connectivity index (χ3n) is 2.28. The summed E-state index contributed by atoms with van der Waals surface area (Å²) in [5.74, 6) is -0.0652. The fraction of sp³-hybridized carbons (Fsp3) is 0. The molecule has 0 saturated carbocycles. The molecule has 1 N–H and O–H groups in total. The molecule has 0 heterocycles. The van der Waals surface area contributed by atoms with Crippen LogP contribution in [0.3, 0.4) is 0 Å². The lowest BCUT2D eigenvalue weighted by Gasteiger charge is -2.06. The summed E-state index contributed by atoms with van der Waals surface area (Å²) in [4.78, 5) is 11.5. The zero-order valence-corrected chi connectivity index (χ0v) is 9.76. The van der Waals surface area contributed by atoms with Crippen LogP contribution in [-0.4, -0.2) is 6.09 Å². The number of amides is 1. The Balaban J connectivity index is 1.97. The van der Waals surface area contributed by atoms with Crippen molar-refractivity contribution < 1.29 is 13.9 Å². The molecule has 2 aromatic rings. The summed E-state index contributed by atoms with van der Waals surface area (Å²) in [6, 6.07) is 13.4. The molecule has 0 spiro atoms. The largest absolute Gasteiger partial charge is 0.417 e. The van der Waals surface area contributed by atoms with Crippen LogP contribution in [0.2, 0.25) is 0 Å². The van der Waals surface area contributed by atoms with E-state index in [1.165, 1.54) is 36.4 Å². The number of benzene rings is 2. The van der Waals surface area contributed by atoms with Crippen molar-refractivity contribution in [3.05, 3.63) is 59.9 Å². The number of halogens is 1. The van der Waals surface area contributed by atoms with Gasteiger partial charge in [-0.2, -0.15) is 5.26 Å². The third-order valence-corrected chi connectivity index (χ3v) is 2.28. The molecule has 0 radical (unpaired) electrons. The van der Waals surface area contributed by atoms with Crippen LogP contribution in [0.25, 0.3) is 0 Å². The van der Waals surface area contributed by atoms with Crippen molar-refractivity contribution in [1.29, 1.82) is 5.26 Å². The number of hydrogen-bond donors (Lipinski definition) is 1. The number of nitrogens with zero attached hydrogens (tertiary/aromatic N) is 1. The minimum Gasteiger partial charge on any atom is -0.410 e. The Bertz CT molecular complexity index is 615. The minimum absolute atomic E-state index is 0.318. The maximum absolute atomic E-state index is 12.7. The fourth-order valence-corrected chi connectivity index (χ4v) is 1.38. The van der Waals surface area contributed by atoms with Crippen molar-refractivity contribution in [3.63, 3.8) is 0 Å². The summed E-state index contributed by atoms with van der Waals surface area (Å²) >= 11 is 0. The van der Waals surface area contributed by atoms with Crippen LogP contribution in [-0.2, 0) is 0 Å². The number of carbonyl (C=O) groups excluding carboxylic acids is 1. The molecular formula is C14H9FN2O2. The molecule has 0 unspecified atom stereocenters. The van der Waals surface area contributed by atoms with Gasteiger partial charge < -0.3 is 4.74 Å². The number of anilines is 1. The van der Waals surface area contributed by atoms with Crippen LogP contribution < -0.4 is 10.1 Å². The van der Waals surface area contributed by atoms with Gasteiger partial charge in [-0.1, -0.05) is 0 Å². The van der Waals surface area contributed by atoms with Crippen LogP contribution in [0, 0.1) is 17.1 Å². The topological polar surface area (TPSA) is 62.1 Å². The number of ether oxygens (including phenoxy) is 1. The van der Waals surface area contributed by atoms with E-state index < -0.39 is 6.09 Å². The normalized spacial score (nSPS) is 9.47. The molecule has 2 rings (SSSR count). The second-order valence-electron chi connectivity index (χ2n) is 3.66. The van der Waals surface area contributed by atoms with Crippen LogP contribution >= 0.6 is 0 Å². The molecule has 0 atom stereocenters. The van der Waals surface area contributed by atoms with Gasteiger partial charge >= 0.3 is 6.09 Å². The van der Waals surface area contributed by atoms with Gasteiger partial charge in [-0.15, -0.1) is 0 Å². The van der Waals surface area contributed by atoms with Gasteiger partial charge in [0.25, 0.3) is 0 Å². The average Bonchev–Trinajstić information content (AvgIpc) is 2.42. The Morgan fingerprint density at radius 2 is 1.74 bits per heavy atom. The van der Waals surface area contributed by atoms with Crippen molar-refractivity contribution in [3.8, 4) is 11.8 Å². The first kappa shape index (κ1) is 12.6. The molecule has 0 aliphatic carbocycles. The summed E-state index contributed by atoms with van der Waals surface area (Å²) in [5, 5.41) is 11.1. The fourth-order valence-electron chi connectivity index (χ4n) is 1.38. The number of nitrogens with one attached hydrogen (secondary N) is 1. The standard InChI is InChI=1S/C14H9FN2O2/c15-11-3-5-12(6-4-11)17-14(18)19-13-7-1-10(9-16)2-8-13/h1-8H,(H,17,18). The summed E-state index contributed by atoms with van der Waals surface area (Å²) in [6.45, 7) is 0. The molecular weight excluding hydrogens is 247 g/mol. The predicted molar refractivity (Wildman–Crippen MR) is 67.2 cm³/mol. The second kappa shape index (κ2) is 5.65. The highest BCUT2D eigenvalue weighted by molar-refractivity contribution is 5.86. The summed E-state index contributed by atoms with van der Waals surface area (Å²) in [7, 11) is 0. The first-order valence-electron chi connectivity index (χ1n) is 5.42. The minimum atomic E-state index is -0.684. The Labute approximate surface area is 109 Å². The summed E-state index contributed by atoms with van der Waals surface area (Å²) in [5.41, 5.74) is 0.909. The Morgan fingerprint density at radius 3 is 2.32 bits per heavy atom. The average molecular weight is 256 g/mol. The van der Waals surface area contributed by atoms with E-state index >= 15 is 0 Å². The van der Waals surface area contributed by atoms with Gasteiger partial charge in [-0.05, 0) is 48.5 Å². The number of rotatable bonds is 2. The van der Waals surface area contributed by atoms with E-state index in [4.69, 9.17) is 10.00 Å².